The lowest BCUT2D eigenvalue weighted by atomic mass is 9.78. The number of benzene rings is 1. The molecule has 0 unspecified atom stereocenters. The normalized spacial score (nSPS) is 16.2. The van der Waals surface area contributed by atoms with Crippen LogP contribution in [0.2, 0.25) is 0 Å². The van der Waals surface area contributed by atoms with Crippen LogP contribution in [0.25, 0.3) is 16.9 Å². The van der Waals surface area contributed by atoms with Gasteiger partial charge >= 0.3 is 6.09 Å². The highest BCUT2D eigenvalue weighted by Gasteiger charge is 2.51. The van der Waals surface area contributed by atoms with Gasteiger partial charge in [-0.3, -0.25) is 10.1 Å². The fourth-order valence-corrected chi connectivity index (χ4v) is 4.38. The summed E-state index contributed by atoms with van der Waals surface area (Å²) in [5.74, 6) is -0.109. The summed E-state index contributed by atoms with van der Waals surface area (Å²) in [4.78, 5) is 31.9. The highest BCUT2D eigenvalue weighted by molar-refractivity contribution is 5.98. The smallest absolute Gasteiger partial charge is 0.390 e. The number of anilines is 1. The first kappa shape index (κ1) is 20.4. The van der Waals surface area contributed by atoms with Crippen LogP contribution in [0.3, 0.4) is 0 Å². The van der Waals surface area contributed by atoms with Gasteiger partial charge in [0.1, 0.15) is 11.2 Å². The van der Waals surface area contributed by atoms with Crippen molar-refractivity contribution in [3.05, 3.63) is 66.6 Å². The van der Waals surface area contributed by atoms with Crippen molar-refractivity contribution >= 4 is 23.3 Å². The molecule has 5 heterocycles. The van der Waals surface area contributed by atoms with E-state index in [0.717, 1.165) is 11.3 Å². The van der Waals surface area contributed by atoms with Crippen molar-refractivity contribution in [2.45, 2.75) is 0 Å². The number of carbonyl (C=O) groups is 2. The third-order valence-electron chi connectivity index (χ3n) is 6.24. The number of aromatic nitrogens is 4. The molecule has 2 fully saturated rings. The number of imidazole rings is 1. The quantitative estimate of drug-likeness (QED) is 0.505. The number of nitrogens with one attached hydrogen (secondary N) is 1. The van der Waals surface area contributed by atoms with Crippen LogP contribution in [0.1, 0.15) is 10.4 Å². The Morgan fingerprint density at radius 1 is 1.15 bits per heavy atom. The Balaban J connectivity index is 1.16. The summed E-state index contributed by atoms with van der Waals surface area (Å²) in [6, 6.07) is 13.4. The first-order chi connectivity index (χ1) is 16.5. The summed E-state index contributed by atoms with van der Waals surface area (Å²) in [7, 11) is 1.62. The van der Waals surface area contributed by atoms with Gasteiger partial charge in [0.25, 0.3) is 5.91 Å². The largest absolute Gasteiger partial charge is 0.418 e. The molecule has 0 aliphatic carbocycles. The molecule has 10 heteroatoms. The van der Waals surface area contributed by atoms with Crippen molar-refractivity contribution < 1.29 is 19.1 Å². The second-order valence-corrected chi connectivity index (χ2v) is 8.83. The van der Waals surface area contributed by atoms with E-state index in [1.165, 1.54) is 10.9 Å². The number of nitrogens with zero attached hydrogens (tertiary/aromatic N) is 5. The van der Waals surface area contributed by atoms with E-state index in [9.17, 15) is 9.59 Å². The molecule has 1 N–H and O–H groups in total. The zero-order chi connectivity index (χ0) is 23.3. The number of aryl methyl sites for hydroxylation is 1. The zero-order valence-electron chi connectivity index (χ0n) is 18.5. The molecule has 2 aliphatic rings. The van der Waals surface area contributed by atoms with Crippen LogP contribution in [0.4, 0.5) is 10.5 Å². The van der Waals surface area contributed by atoms with Gasteiger partial charge in [-0.1, -0.05) is 30.3 Å². The van der Waals surface area contributed by atoms with Gasteiger partial charge in [0.05, 0.1) is 30.5 Å². The van der Waals surface area contributed by atoms with Gasteiger partial charge in [-0.05, 0) is 6.07 Å². The molecule has 0 atom stereocenters. The number of fused-ring (bicyclic) bond motifs is 1. The molecule has 1 spiro atoms. The molecule has 34 heavy (non-hydrogen) atoms. The number of ether oxygens (including phenoxy) is 2. The van der Waals surface area contributed by atoms with Crippen LogP contribution in [0, 0.1) is 5.41 Å². The lowest BCUT2D eigenvalue weighted by molar-refractivity contribution is -0.176. The molecule has 2 aliphatic heterocycles. The third kappa shape index (κ3) is 3.48. The maximum Gasteiger partial charge on any atom is 0.418 e. The standard InChI is InChI=1S/C24H22N6O4/c1-28-22(18(10-25-28)21(31)30-12-24(13-30)14-33-15-24)34-23(32)26-17-7-8-29-11-19(27-20(29)9-17)16-5-3-2-4-6-16/h2-11H,12-15H2,1H3,(H,26,32). The van der Waals surface area contributed by atoms with Gasteiger partial charge in [-0.2, -0.15) is 5.10 Å². The van der Waals surface area contributed by atoms with Crippen molar-refractivity contribution in [2.75, 3.05) is 31.6 Å². The molecule has 0 saturated carbocycles. The van der Waals surface area contributed by atoms with E-state index >= 15 is 0 Å². The highest BCUT2D eigenvalue weighted by Crippen LogP contribution is 2.38. The average molecular weight is 458 g/mol. The molecule has 10 nitrogen and oxygen atoms in total. The monoisotopic (exact) mass is 458 g/mol. The topological polar surface area (TPSA) is 103 Å². The van der Waals surface area contributed by atoms with Gasteiger partial charge in [0, 0.05) is 49.8 Å². The molecule has 172 valence electrons. The van der Waals surface area contributed by atoms with Crippen molar-refractivity contribution in [1.29, 1.82) is 0 Å². The van der Waals surface area contributed by atoms with Gasteiger partial charge in [0.15, 0.2) is 0 Å². The fraction of sp³-hybridized carbons (Fsp3) is 0.250. The molecular weight excluding hydrogens is 436 g/mol. The summed E-state index contributed by atoms with van der Waals surface area (Å²) in [5, 5.41) is 6.81. The Labute approximate surface area is 194 Å². The maximum absolute atomic E-state index is 12.9. The van der Waals surface area contributed by atoms with Crippen molar-refractivity contribution in [1.82, 2.24) is 24.1 Å². The van der Waals surface area contributed by atoms with Crippen LogP contribution < -0.4 is 10.1 Å². The Morgan fingerprint density at radius 2 is 1.94 bits per heavy atom. The van der Waals surface area contributed by atoms with E-state index in [-0.39, 0.29) is 22.8 Å². The number of hydrogen-bond acceptors (Lipinski definition) is 6. The number of amides is 2. The first-order valence-electron chi connectivity index (χ1n) is 10.9. The fourth-order valence-electron chi connectivity index (χ4n) is 4.38. The van der Waals surface area contributed by atoms with Gasteiger partial charge in [-0.25, -0.2) is 14.5 Å². The Morgan fingerprint density at radius 3 is 2.68 bits per heavy atom. The Kier molecular flexibility index (Phi) is 4.63. The van der Waals surface area contributed by atoms with Crippen LogP contribution in [-0.2, 0) is 11.8 Å². The maximum atomic E-state index is 12.9. The Hall–Kier alpha value is -4.18. The predicted octanol–water partition coefficient (Wildman–Crippen LogP) is 2.82. The SMILES string of the molecule is Cn1ncc(C(=O)N2CC3(COC3)C2)c1OC(=O)Nc1ccn2cc(-c3ccccc3)nc2c1. The molecule has 3 aromatic heterocycles. The minimum Gasteiger partial charge on any atom is -0.390 e. The van der Waals surface area contributed by atoms with Gasteiger partial charge < -0.3 is 18.8 Å². The minimum atomic E-state index is -0.718. The molecule has 2 amide bonds. The first-order valence-corrected chi connectivity index (χ1v) is 10.9. The van der Waals surface area contributed by atoms with E-state index in [0.29, 0.717) is 37.6 Å². The number of carbonyl (C=O) groups excluding carboxylic acids is 2. The molecule has 2 saturated heterocycles. The third-order valence-corrected chi connectivity index (χ3v) is 6.24. The summed E-state index contributed by atoms with van der Waals surface area (Å²) in [6.07, 6.45) is 4.45. The van der Waals surface area contributed by atoms with E-state index in [4.69, 9.17) is 9.47 Å². The molecule has 6 rings (SSSR count). The van der Waals surface area contributed by atoms with E-state index in [1.54, 1.807) is 24.1 Å². The van der Waals surface area contributed by atoms with E-state index < -0.39 is 6.09 Å². The lowest BCUT2D eigenvalue weighted by Crippen LogP contribution is -2.67. The number of likely N-dealkylation sites (tertiary alicyclic amines) is 1. The van der Waals surface area contributed by atoms with E-state index in [1.807, 2.05) is 47.1 Å². The van der Waals surface area contributed by atoms with Crippen LogP contribution in [0.15, 0.2) is 61.1 Å². The van der Waals surface area contributed by atoms with Gasteiger partial charge in [-0.15, -0.1) is 0 Å². The van der Waals surface area contributed by atoms with E-state index in [2.05, 4.69) is 15.4 Å². The number of hydrogen-bond donors (Lipinski definition) is 1. The second-order valence-electron chi connectivity index (χ2n) is 8.83. The zero-order valence-corrected chi connectivity index (χ0v) is 18.5. The molecule has 0 bridgehead atoms. The van der Waals surface area contributed by atoms with Crippen LogP contribution in [-0.4, -0.2) is 62.4 Å². The lowest BCUT2D eigenvalue weighted by Gasteiger charge is -2.54. The second kappa shape index (κ2) is 7.70. The highest BCUT2D eigenvalue weighted by atomic mass is 16.6. The van der Waals surface area contributed by atoms with Crippen molar-refractivity contribution in [3.8, 4) is 17.1 Å². The van der Waals surface area contributed by atoms with Gasteiger partial charge in [0.2, 0.25) is 5.88 Å². The Bertz CT molecular complexity index is 1400. The number of pyridine rings is 1. The summed E-state index contributed by atoms with van der Waals surface area (Å²) in [5.41, 5.74) is 3.39. The van der Waals surface area contributed by atoms with Crippen LogP contribution >= 0.6 is 0 Å². The van der Waals surface area contributed by atoms with Crippen LogP contribution in [0.5, 0.6) is 5.88 Å². The summed E-state index contributed by atoms with van der Waals surface area (Å²) in [6.45, 7) is 2.65. The molecular formula is C24H22N6O4. The molecule has 4 aromatic rings. The number of rotatable bonds is 4. The minimum absolute atomic E-state index is 0.0987. The molecule has 0 radical (unpaired) electrons. The predicted molar refractivity (Wildman–Crippen MR) is 123 cm³/mol. The van der Waals surface area contributed by atoms with Crippen molar-refractivity contribution in [2.24, 2.45) is 12.5 Å². The van der Waals surface area contributed by atoms with Crippen molar-refractivity contribution in [3.63, 3.8) is 0 Å². The average Bonchev–Trinajstić information content (AvgIpc) is 3.36. The summed E-state index contributed by atoms with van der Waals surface area (Å²) < 4.78 is 14.0. The molecule has 1 aromatic carbocycles. The summed E-state index contributed by atoms with van der Waals surface area (Å²) >= 11 is 0.